The zero-order valence-corrected chi connectivity index (χ0v) is 16.4. The summed E-state index contributed by atoms with van der Waals surface area (Å²) in [6, 6.07) is 2.55. The van der Waals surface area contributed by atoms with Crippen molar-refractivity contribution in [2.45, 2.75) is 51.0 Å². The highest BCUT2D eigenvalue weighted by Gasteiger charge is 2.33. The van der Waals surface area contributed by atoms with Crippen molar-refractivity contribution < 1.29 is 18.5 Å². The molecule has 1 aliphatic heterocycles. The fourth-order valence-electron chi connectivity index (χ4n) is 3.88. The quantitative estimate of drug-likeness (QED) is 0.737. The minimum Gasteiger partial charge on any atom is -0.339 e. The van der Waals surface area contributed by atoms with E-state index < -0.39 is 11.7 Å². The molecule has 29 heavy (non-hydrogen) atoms. The summed E-state index contributed by atoms with van der Waals surface area (Å²) in [5.74, 6) is 0.508. The summed E-state index contributed by atoms with van der Waals surface area (Å²) >= 11 is 0. The molecular weight excluding hydrogens is 377 g/mol. The van der Waals surface area contributed by atoms with Crippen LogP contribution in [0.15, 0.2) is 22.9 Å². The van der Waals surface area contributed by atoms with Gasteiger partial charge in [0.1, 0.15) is 0 Å². The Labute approximate surface area is 168 Å². The van der Waals surface area contributed by atoms with Crippen molar-refractivity contribution in [3.05, 3.63) is 41.6 Å². The fourth-order valence-corrected chi connectivity index (χ4v) is 3.88. The molecule has 0 bridgehead atoms. The molecule has 1 saturated carbocycles. The molecule has 9 heteroatoms. The van der Waals surface area contributed by atoms with Crippen LogP contribution in [-0.4, -0.2) is 62.4 Å². The molecule has 1 saturated heterocycles. The zero-order chi connectivity index (χ0) is 20.4. The number of aromatic nitrogens is 3. The van der Waals surface area contributed by atoms with Gasteiger partial charge in [0.2, 0.25) is 11.8 Å². The standard InChI is InChI=1S/C20H24FN5O3/c1-13(27)26(11-8-17-23-19(29-24-17)14-4-2-5-14)15-7-10-25(12-15)20(28)18-16(21)6-3-9-22-18/h3,6,9,14-15H,2,4-5,7-8,10-12H2,1H3. The molecule has 2 amide bonds. The number of carbonyl (C=O) groups excluding carboxylic acids is 2. The predicted molar refractivity (Wildman–Crippen MR) is 100 cm³/mol. The lowest BCUT2D eigenvalue weighted by atomic mass is 9.85. The highest BCUT2D eigenvalue weighted by atomic mass is 19.1. The van der Waals surface area contributed by atoms with Crippen molar-refractivity contribution in [2.24, 2.45) is 0 Å². The van der Waals surface area contributed by atoms with Crippen LogP contribution < -0.4 is 0 Å². The van der Waals surface area contributed by atoms with Gasteiger partial charge in [-0.2, -0.15) is 4.98 Å². The third kappa shape index (κ3) is 4.13. The Hall–Kier alpha value is -2.84. The molecule has 0 spiro atoms. The number of rotatable bonds is 6. The smallest absolute Gasteiger partial charge is 0.275 e. The second-order valence-corrected chi connectivity index (χ2v) is 7.67. The van der Waals surface area contributed by atoms with Crippen molar-refractivity contribution in [1.82, 2.24) is 24.9 Å². The lowest BCUT2D eigenvalue weighted by Crippen LogP contribution is -2.43. The van der Waals surface area contributed by atoms with E-state index in [1.165, 1.54) is 31.7 Å². The van der Waals surface area contributed by atoms with Crippen LogP contribution >= 0.6 is 0 Å². The number of nitrogens with zero attached hydrogens (tertiary/aromatic N) is 5. The fraction of sp³-hybridized carbons (Fsp3) is 0.550. The van der Waals surface area contributed by atoms with E-state index in [9.17, 15) is 14.0 Å². The average Bonchev–Trinajstić information content (AvgIpc) is 3.30. The van der Waals surface area contributed by atoms with Crippen molar-refractivity contribution >= 4 is 11.8 Å². The molecule has 1 aliphatic carbocycles. The Morgan fingerprint density at radius 1 is 1.34 bits per heavy atom. The van der Waals surface area contributed by atoms with Gasteiger partial charge >= 0.3 is 0 Å². The van der Waals surface area contributed by atoms with Crippen LogP contribution in [0.3, 0.4) is 0 Å². The molecule has 154 valence electrons. The summed E-state index contributed by atoms with van der Waals surface area (Å²) in [6.45, 7) is 2.77. The lowest BCUT2D eigenvalue weighted by molar-refractivity contribution is -0.130. The Morgan fingerprint density at radius 2 is 2.17 bits per heavy atom. The van der Waals surface area contributed by atoms with Crippen LogP contribution in [0.1, 0.15) is 60.7 Å². The van der Waals surface area contributed by atoms with Crippen LogP contribution in [0, 0.1) is 5.82 Å². The van der Waals surface area contributed by atoms with E-state index in [-0.39, 0.29) is 17.6 Å². The Bertz CT molecular complexity index is 898. The molecule has 0 aromatic carbocycles. The number of halogens is 1. The molecule has 2 fully saturated rings. The van der Waals surface area contributed by atoms with E-state index in [4.69, 9.17) is 4.52 Å². The summed E-state index contributed by atoms with van der Waals surface area (Å²) < 4.78 is 19.2. The van der Waals surface area contributed by atoms with Crippen molar-refractivity contribution in [2.75, 3.05) is 19.6 Å². The first-order valence-electron chi connectivity index (χ1n) is 10.0. The number of hydrogen-bond acceptors (Lipinski definition) is 6. The van der Waals surface area contributed by atoms with Crippen molar-refractivity contribution in [3.8, 4) is 0 Å². The molecular formula is C20H24FN5O3. The van der Waals surface area contributed by atoms with E-state index in [2.05, 4.69) is 15.1 Å². The number of amides is 2. The highest BCUT2D eigenvalue weighted by Crippen LogP contribution is 2.35. The maximum Gasteiger partial charge on any atom is 0.275 e. The van der Waals surface area contributed by atoms with E-state index in [1.54, 1.807) is 9.80 Å². The first-order valence-corrected chi connectivity index (χ1v) is 10.0. The molecule has 1 atom stereocenters. The molecule has 2 aromatic rings. The summed E-state index contributed by atoms with van der Waals surface area (Å²) in [7, 11) is 0. The second kappa shape index (κ2) is 8.26. The van der Waals surface area contributed by atoms with Gasteiger partial charge in [-0.1, -0.05) is 11.6 Å². The van der Waals surface area contributed by atoms with E-state index in [0.717, 1.165) is 12.8 Å². The number of carbonyl (C=O) groups is 2. The molecule has 0 N–H and O–H groups in total. The molecule has 3 heterocycles. The van der Waals surface area contributed by atoms with E-state index >= 15 is 0 Å². The minimum atomic E-state index is -0.635. The highest BCUT2D eigenvalue weighted by molar-refractivity contribution is 5.92. The zero-order valence-electron chi connectivity index (χ0n) is 16.4. The van der Waals surface area contributed by atoms with Gasteiger partial charge in [-0.05, 0) is 31.4 Å². The summed E-state index contributed by atoms with van der Waals surface area (Å²) in [4.78, 5) is 36.4. The lowest BCUT2D eigenvalue weighted by Gasteiger charge is -2.27. The first-order chi connectivity index (χ1) is 14.0. The summed E-state index contributed by atoms with van der Waals surface area (Å²) in [6.07, 6.45) is 5.90. The first kappa shape index (κ1) is 19.5. The summed E-state index contributed by atoms with van der Waals surface area (Å²) in [5.41, 5.74) is -0.183. The van der Waals surface area contributed by atoms with Crippen LogP contribution in [0.2, 0.25) is 0 Å². The third-order valence-corrected chi connectivity index (χ3v) is 5.77. The Balaban J connectivity index is 1.36. The third-order valence-electron chi connectivity index (χ3n) is 5.77. The SMILES string of the molecule is CC(=O)N(CCc1noc(C2CCC2)n1)C1CCN(C(=O)c2ncccc2F)C1. The molecule has 2 aromatic heterocycles. The van der Waals surface area contributed by atoms with Gasteiger partial charge in [0, 0.05) is 45.1 Å². The maximum atomic E-state index is 13.9. The molecule has 8 nitrogen and oxygen atoms in total. The topological polar surface area (TPSA) is 92.4 Å². The molecule has 0 radical (unpaired) electrons. The van der Waals surface area contributed by atoms with Gasteiger partial charge < -0.3 is 14.3 Å². The van der Waals surface area contributed by atoms with E-state index in [0.29, 0.717) is 50.1 Å². The molecule has 1 unspecified atom stereocenters. The van der Waals surface area contributed by atoms with Gasteiger partial charge in [-0.25, -0.2) is 9.37 Å². The minimum absolute atomic E-state index is 0.0731. The maximum absolute atomic E-state index is 13.9. The predicted octanol–water partition coefficient (Wildman–Crippen LogP) is 2.18. The van der Waals surface area contributed by atoms with E-state index in [1.807, 2.05) is 0 Å². The Kier molecular flexibility index (Phi) is 5.55. The monoisotopic (exact) mass is 401 g/mol. The number of hydrogen-bond donors (Lipinski definition) is 0. The number of likely N-dealkylation sites (tertiary alicyclic amines) is 1. The summed E-state index contributed by atoms with van der Waals surface area (Å²) in [5, 5.41) is 4.03. The van der Waals surface area contributed by atoms with Crippen LogP contribution in [0.5, 0.6) is 0 Å². The van der Waals surface area contributed by atoms with Crippen LogP contribution in [0.4, 0.5) is 4.39 Å². The van der Waals surface area contributed by atoms with Crippen molar-refractivity contribution in [1.29, 1.82) is 0 Å². The number of pyridine rings is 1. The average molecular weight is 401 g/mol. The largest absolute Gasteiger partial charge is 0.339 e. The van der Waals surface area contributed by atoms with Gasteiger partial charge in [0.25, 0.3) is 5.91 Å². The molecule has 4 rings (SSSR count). The van der Waals surface area contributed by atoms with Crippen LogP contribution in [0.25, 0.3) is 0 Å². The molecule has 2 aliphatic rings. The van der Waals surface area contributed by atoms with Gasteiger partial charge in [0.15, 0.2) is 17.3 Å². The van der Waals surface area contributed by atoms with Gasteiger partial charge in [0.05, 0.1) is 6.04 Å². The normalized spacial score (nSPS) is 19.2. The van der Waals surface area contributed by atoms with Crippen molar-refractivity contribution in [3.63, 3.8) is 0 Å². The Morgan fingerprint density at radius 3 is 2.86 bits per heavy atom. The van der Waals surface area contributed by atoms with Gasteiger partial charge in [-0.15, -0.1) is 0 Å². The van der Waals surface area contributed by atoms with Gasteiger partial charge in [-0.3, -0.25) is 9.59 Å². The second-order valence-electron chi connectivity index (χ2n) is 7.67. The van der Waals surface area contributed by atoms with Crippen LogP contribution in [-0.2, 0) is 11.2 Å².